The van der Waals surface area contributed by atoms with Gasteiger partial charge in [-0.05, 0) is 36.8 Å². The second-order valence-electron chi connectivity index (χ2n) is 8.50. The van der Waals surface area contributed by atoms with E-state index < -0.39 is 17.9 Å². The highest BCUT2D eigenvalue weighted by Gasteiger charge is 2.46. The fraction of sp³-hybridized carbons (Fsp3) is 0.214. The highest BCUT2D eigenvalue weighted by atomic mass is 32.1. The number of anilines is 1. The predicted octanol–water partition coefficient (Wildman–Crippen LogP) is 4.68. The second kappa shape index (κ2) is 10.3. The summed E-state index contributed by atoms with van der Waals surface area (Å²) in [4.78, 5) is 46.5. The Morgan fingerprint density at radius 3 is 2.46 bits per heavy atom. The zero-order valence-electron chi connectivity index (χ0n) is 21.6. The molecule has 0 aliphatic carbocycles. The molecule has 11 heteroatoms. The number of carbonyl (C=O) groups is 2. The van der Waals surface area contributed by atoms with Crippen molar-refractivity contribution in [1.29, 1.82) is 0 Å². The normalized spacial score (nSPS) is 14.3. The minimum atomic E-state index is -0.968. The molecule has 2 aromatic carbocycles. The van der Waals surface area contributed by atoms with Gasteiger partial charge in [-0.15, -0.1) is 0 Å². The average molecular weight is 549 g/mol. The van der Waals surface area contributed by atoms with Gasteiger partial charge in [0.15, 0.2) is 22.1 Å². The van der Waals surface area contributed by atoms with Gasteiger partial charge in [-0.1, -0.05) is 36.1 Å². The van der Waals surface area contributed by atoms with Gasteiger partial charge in [0.1, 0.15) is 17.1 Å². The second-order valence-corrected chi connectivity index (χ2v) is 9.48. The maximum absolute atomic E-state index is 13.9. The van der Waals surface area contributed by atoms with Gasteiger partial charge in [0.25, 0.3) is 5.91 Å². The number of para-hydroxylation sites is 1. The van der Waals surface area contributed by atoms with E-state index in [4.69, 9.17) is 23.4 Å². The molecule has 0 radical (unpaired) electrons. The molecule has 0 saturated carbocycles. The van der Waals surface area contributed by atoms with Crippen molar-refractivity contribution in [2.75, 3.05) is 32.8 Å². The standard InChI is InChI=1S/C28H24N2O8S/c1-6-11-37-27(33)25-14(2)29-28(39-25)30-21(15-12-18(34-3)23(36-5)19(13-15)35-4)20-22(31)16-9-7-8-10-17(16)38-24(20)26(30)32/h6-10,12-13,21H,1,11H2,2-5H3. The Hall–Kier alpha value is -4.64. The van der Waals surface area contributed by atoms with Crippen molar-refractivity contribution in [3.8, 4) is 17.2 Å². The molecule has 2 aromatic heterocycles. The van der Waals surface area contributed by atoms with Crippen LogP contribution in [0.1, 0.15) is 43.1 Å². The molecular weight excluding hydrogens is 524 g/mol. The van der Waals surface area contributed by atoms with Crippen LogP contribution in [0.4, 0.5) is 5.13 Å². The van der Waals surface area contributed by atoms with Crippen LogP contribution >= 0.6 is 11.3 Å². The van der Waals surface area contributed by atoms with E-state index in [0.717, 1.165) is 11.3 Å². The molecule has 1 aliphatic rings. The summed E-state index contributed by atoms with van der Waals surface area (Å²) in [6, 6.07) is 9.07. The quantitative estimate of drug-likeness (QED) is 0.229. The highest BCUT2D eigenvalue weighted by molar-refractivity contribution is 7.17. The minimum Gasteiger partial charge on any atom is -0.493 e. The zero-order valence-corrected chi connectivity index (χ0v) is 22.4. The summed E-state index contributed by atoms with van der Waals surface area (Å²) >= 11 is 0.980. The maximum atomic E-state index is 13.9. The fourth-order valence-corrected chi connectivity index (χ4v) is 5.55. The monoisotopic (exact) mass is 548 g/mol. The van der Waals surface area contributed by atoms with E-state index in [2.05, 4.69) is 11.6 Å². The van der Waals surface area contributed by atoms with E-state index in [1.807, 2.05) is 0 Å². The lowest BCUT2D eigenvalue weighted by Crippen LogP contribution is -2.29. The molecule has 0 fully saturated rings. The number of hydrogen-bond donors (Lipinski definition) is 0. The van der Waals surface area contributed by atoms with Crippen molar-refractivity contribution >= 4 is 39.3 Å². The van der Waals surface area contributed by atoms with Crippen molar-refractivity contribution in [1.82, 2.24) is 4.98 Å². The first kappa shape index (κ1) is 26.0. The number of fused-ring (bicyclic) bond motifs is 2. The van der Waals surface area contributed by atoms with Crippen molar-refractivity contribution in [3.63, 3.8) is 0 Å². The molecule has 1 unspecified atom stereocenters. The van der Waals surface area contributed by atoms with Gasteiger partial charge in [0.05, 0.1) is 44.0 Å². The van der Waals surface area contributed by atoms with E-state index in [-0.39, 0.29) is 39.0 Å². The number of amides is 1. The Morgan fingerprint density at radius 1 is 1.13 bits per heavy atom. The molecule has 10 nitrogen and oxygen atoms in total. The van der Waals surface area contributed by atoms with Crippen molar-refractivity contribution in [2.24, 2.45) is 0 Å². The molecule has 5 rings (SSSR count). The lowest BCUT2D eigenvalue weighted by atomic mass is 9.98. The van der Waals surface area contributed by atoms with Gasteiger partial charge in [-0.2, -0.15) is 0 Å². The number of carbonyl (C=O) groups excluding carboxylic acids is 2. The van der Waals surface area contributed by atoms with E-state index >= 15 is 0 Å². The van der Waals surface area contributed by atoms with Crippen LogP contribution in [0.3, 0.4) is 0 Å². The van der Waals surface area contributed by atoms with E-state index in [1.54, 1.807) is 43.3 Å². The Bertz CT molecular complexity index is 1660. The molecule has 39 heavy (non-hydrogen) atoms. The van der Waals surface area contributed by atoms with Crippen molar-refractivity contribution < 1.29 is 33.0 Å². The van der Waals surface area contributed by atoms with Crippen LogP contribution in [0.15, 0.2) is 58.3 Å². The molecule has 0 bridgehead atoms. The van der Waals surface area contributed by atoms with Gasteiger partial charge >= 0.3 is 5.97 Å². The highest BCUT2D eigenvalue weighted by Crippen LogP contribution is 2.47. The average Bonchev–Trinajstić information content (AvgIpc) is 3.47. The number of hydrogen-bond acceptors (Lipinski definition) is 10. The first-order valence-electron chi connectivity index (χ1n) is 11.8. The fourth-order valence-electron chi connectivity index (χ4n) is 4.57. The smallest absolute Gasteiger partial charge is 0.350 e. The van der Waals surface area contributed by atoms with Gasteiger partial charge in [-0.3, -0.25) is 14.5 Å². The van der Waals surface area contributed by atoms with Crippen molar-refractivity contribution in [2.45, 2.75) is 13.0 Å². The zero-order chi connectivity index (χ0) is 27.8. The summed E-state index contributed by atoms with van der Waals surface area (Å²) in [7, 11) is 4.42. The number of methoxy groups -OCH3 is 3. The van der Waals surface area contributed by atoms with Crippen LogP contribution in [0.2, 0.25) is 0 Å². The Labute approximate surface area is 227 Å². The SMILES string of the molecule is C=CCOC(=O)c1sc(N2C(=O)c3oc4ccccc4c(=O)c3C2c2cc(OC)c(OC)c(OC)c2)nc1C. The Balaban J connectivity index is 1.77. The first-order chi connectivity index (χ1) is 18.8. The molecule has 4 aromatic rings. The number of aromatic nitrogens is 1. The topological polar surface area (TPSA) is 117 Å². The van der Waals surface area contributed by atoms with Gasteiger partial charge in [-0.25, -0.2) is 9.78 Å². The largest absolute Gasteiger partial charge is 0.493 e. The lowest BCUT2D eigenvalue weighted by Gasteiger charge is -2.24. The third-order valence-electron chi connectivity index (χ3n) is 6.29. The molecule has 1 atom stereocenters. The number of rotatable bonds is 8. The molecule has 3 heterocycles. The van der Waals surface area contributed by atoms with Crippen LogP contribution in [0.25, 0.3) is 11.0 Å². The van der Waals surface area contributed by atoms with Gasteiger partial charge in [0.2, 0.25) is 11.5 Å². The molecular formula is C28H24N2O8S. The summed E-state index contributed by atoms with van der Waals surface area (Å²) < 4.78 is 27.7. The first-order valence-corrected chi connectivity index (χ1v) is 12.6. The number of thiazole rings is 1. The summed E-state index contributed by atoms with van der Waals surface area (Å²) in [5.74, 6) is -0.261. The molecule has 0 saturated heterocycles. The van der Waals surface area contributed by atoms with Crippen LogP contribution in [-0.4, -0.2) is 44.8 Å². The van der Waals surface area contributed by atoms with Crippen molar-refractivity contribution in [3.05, 3.63) is 86.7 Å². The van der Waals surface area contributed by atoms with Crippen LogP contribution in [0.5, 0.6) is 17.2 Å². The van der Waals surface area contributed by atoms with Crippen LogP contribution in [0, 0.1) is 6.92 Å². The molecule has 0 N–H and O–H groups in total. The minimum absolute atomic E-state index is 0.0265. The van der Waals surface area contributed by atoms with Crippen LogP contribution in [-0.2, 0) is 4.74 Å². The van der Waals surface area contributed by atoms with E-state index in [9.17, 15) is 14.4 Å². The number of ether oxygens (including phenoxy) is 4. The molecule has 200 valence electrons. The molecule has 0 spiro atoms. The van der Waals surface area contributed by atoms with E-state index in [0.29, 0.717) is 33.9 Å². The van der Waals surface area contributed by atoms with Gasteiger partial charge < -0.3 is 23.4 Å². The summed E-state index contributed by atoms with van der Waals surface area (Å²) in [5, 5.41) is 0.518. The Kier molecular flexibility index (Phi) is 6.83. The lowest BCUT2D eigenvalue weighted by molar-refractivity contribution is 0.0554. The predicted molar refractivity (Wildman–Crippen MR) is 145 cm³/mol. The third-order valence-corrected chi connectivity index (χ3v) is 7.43. The van der Waals surface area contributed by atoms with E-state index in [1.165, 1.54) is 32.3 Å². The Morgan fingerprint density at radius 2 is 1.82 bits per heavy atom. The number of esters is 1. The van der Waals surface area contributed by atoms with Gasteiger partial charge in [0, 0.05) is 0 Å². The number of aryl methyl sites for hydroxylation is 1. The third kappa shape index (κ3) is 4.20. The number of benzene rings is 2. The number of nitrogens with zero attached hydrogens (tertiary/aromatic N) is 2. The summed E-state index contributed by atoms with van der Waals surface area (Å²) in [6.07, 6.45) is 1.46. The summed E-state index contributed by atoms with van der Waals surface area (Å²) in [5.41, 5.74) is 0.921. The summed E-state index contributed by atoms with van der Waals surface area (Å²) in [6.45, 7) is 5.22. The molecule has 1 aliphatic heterocycles. The maximum Gasteiger partial charge on any atom is 0.350 e. The molecule has 1 amide bonds. The van der Waals surface area contributed by atoms with Crippen LogP contribution < -0.4 is 24.5 Å².